The van der Waals surface area contributed by atoms with Gasteiger partial charge in [-0.25, -0.2) is 9.40 Å². The van der Waals surface area contributed by atoms with Gasteiger partial charge in [-0.2, -0.15) is 0 Å². The zero-order valence-electron chi connectivity index (χ0n) is 11.7. The molecule has 0 saturated heterocycles. The summed E-state index contributed by atoms with van der Waals surface area (Å²) in [6.45, 7) is 2.26. The molecule has 0 bridgehead atoms. The van der Waals surface area contributed by atoms with Crippen molar-refractivity contribution in [2.75, 3.05) is 20.7 Å². The summed E-state index contributed by atoms with van der Waals surface area (Å²) in [5.74, 6) is -0.106. The van der Waals surface area contributed by atoms with Crippen molar-refractivity contribution < 1.29 is 13.9 Å². The maximum Gasteiger partial charge on any atom is 0.234 e. The van der Waals surface area contributed by atoms with E-state index in [1.54, 1.807) is 25.2 Å². The molecule has 106 valence electrons. The van der Waals surface area contributed by atoms with Gasteiger partial charge in [-0.1, -0.05) is 6.07 Å². The van der Waals surface area contributed by atoms with Crippen molar-refractivity contribution in [1.82, 2.24) is 10.4 Å². The van der Waals surface area contributed by atoms with Crippen LogP contribution in [0.15, 0.2) is 18.2 Å². The second-order valence-corrected chi connectivity index (χ2v) is 4.48. The Bertz CT molecular complexity index is 422. The molecule has 0 fully saturated rings. The van der Waals surface area contributed by atoms with E-state index in [2.05, 4.69) is 5.43 Å². The van der Waals surface area contributed by atoms with Crippen molar-refractivity contribution in [1.29, 1.82) is 0 Å². The summed E-state index contributed by atoms with van der Waals surface area (Å²) >= 11 is 0. The maximum absolute atomic E-state index is 13.6. The van der Waals surface area contributed by atoms with Gasteiger partial charge >= 0.3 is 0 Å². The van der Waals surface area contributed by atoms with E-state index >= 15 is 0 Å². The Balaban J connectivity index is 2.41. The molecule has 1 N–H and O–H groups in total. The number of ether oxygens (including phenoxy) is 1. The number of hydrogen-bond donors (Lipinski definition) is 1. The quantitative estimate of drug-likeness (QED) is 0.770. The third kappa shape index (κ3) is 5.70. The second kappa shape index (κ2) is 7.74. The number of carbonyl (C=O) groups excluding carboxylic acids is 1. The van der Waals surface area contributed by atoms with Crippen LogP contribution in [0.4, 0.5) is 4.39 Å². The summed E-state index contributed by atoms with van der Waals surface area (Å²) in [6, 6.07) is 4.93. The van der Waals surface area contributed by atoms with Gasteiger partial charge in [0, 0.05) is 20.5 Å². The van der Waals surface area contributed by atoms with Gasteiger partial charge in [-0.3, -0.25) is 10.2 Å². The summed E-state index contributed by atoms with van der Waals surface area (Å²) in [5.41, 5.74) is 3.54. The highest BCUT2D eigenvalue weighted by Crippen LogP contribution is 2.19. The monoisotopic (exact) mass is 268 g/mol. The Morgan fingerprint density at radius 3 is 2.74 bits per heavy atom. The van der Waals surface area contributed by atoms with Crippen LogP contribution in [0.1, 0.15) is 25.3 Å². The van der Waals surface area contributed by atoms with Crippen LogP contribution in [0.5, 0.6) is 5.75 Å². The smallest absolute Gasteiger partial charge is 0.234 e. The predicted octanol–water partition coefficient (Wildman–Crippen LogP) is 2.14. The topological polar surface area (TPSA) is 41.6 Å². The molecule has 1 amide bonds. The highest BCUT2D eigenvalue weighted by atomic mass is 19.1. The van der Waals surface area contributed by atoms with Crippen LogP contribution in [-0.2, 0) is 11.2 Å². The molecule has 0 aliphatic heterocycles. The summed E-state index contributed by atoms with van der Waals surface area (Å²) in [4.78, 5) is 11.4. The molecule has 1 aromatic rings. The number of rotatable bonds is 7. The third-order valence-electron chi connectivity index (χ3n) is 2.51. The lowest BCUT2D eigenvalue weighted by atomic mass is 10.1. The minimum Gasteiger partial charge on any atom is -0.491 e. The summed E-state index contributed by atoms with van der Waals surface area (Å²) < 4.78 is 18.7. The number of amides is 1. The molecule has 4 nitrogen and oxygen atoms in total. The van der Waals surface area contributed by atoms with Crippen molar-refractivity contribution in [2.45, 2.75) is 26.2 Å². The first-order valence-corrected chi connectivity index (χ1v) is 6.41. The van der Waals surface area contributed by atoms with Gasteiger partial charge in [0.25, 0.3) is 0 Å². The van der Waals surface area contributed by atoms with Gasteiger partial charge in [0.1, 0.15) is 0 Å². The van der Waals surface area contributed by atoms with Crippen LogP contribution in [-0.4, -0.2) is 31.6 Å². The Labute approximate surface area is 113 Å². The van der Waals surface area contributed by atoms with Gasteiger partial charge in [0.15, 0.2) is 11.6 Å². The van der Waals surface area contributed by atoms with E-state index in [1.165, 1.54) is 6.07 Å². The van der Waals surface area contributed by atoms with Gasteiger partial charge in [-0.15, -0.1) is 0 Å². The van der Waals surface area contributed by atoms with Gasteiger partial charge in [-0.05, 0) is 37.5 Å². The Hall–Kier alpha value is -1.62. The highest BCUT2D eigenvalue weighted by Gasteiger charge is 2.06. The molecule has 0 unspecified atom stereocenters. The molecular formula is C14H21FN2O2. The molecule has 1 aromatic carbocycles. The first kappa shape index (κ1) is 15.4. The normalized spacial score (nSPS) is 10.6. The van der Waals surface area contributed by atoms with Crippen molar-refractivity contribution in [3.63, 3.8) is 0 Å². The summed E-state index contributed by atoms with van der Waals surface area (Å²) in [5, 5.41) is 1.61. The molecule has 5 heteroatoms. The number of halogens is 1. The summed E-state index contributed by atoms with van der Waals surface area (Å²) in [6.07, 6.45) is 1.78. The number of nitrogens with zero attached hydrogens (tertiary/aromatic N) is 1. The minimum absolute atomic E-state index is 0.0311. The number of nitrogens with one attached hydrogen (secondary N) is 1. The highest BCUT2D eigenvalue weighted by molar-refractivity contribution is 5.75. The number of carbonyl (C=O) groups is 1. The fourth-order valence-corrected chi connectivity index (χ4v) is 1.73. The van der Waals surface area contributed by atoms with Crippen molar-refractivity contribution in [2.24, 2.45) is 0 Å². The average Bonchev–Trinajstić information content (AvgIpc) is 2.32. The van der Waals surface area contributed by atoms with Crippen LogP contribution in [0.2, 0.25) is 0 Å². The van der Waals surface area contributed by atoms with E-state index in [0.717, 1.165) is 5.56 Å². The second-order valence-electron chi connectivity index (χ2n) is 4.48. The van der Waals surface area contributed by atoms with Crippen LogP contribution in [0.25, 0.3) is 0 Å². The first-order valence-electron chi connectivity index (χ1n) is 6.41. The first-order chi connectivity index (χ1) is 9.02. The molecule has 0 atom stereocenters. The van der Waals surface area contributed by atoms with E-state index in [0.29, 0.717) is 25.9 Å². The molecule has 0 aliphatic rings. The lowest BCUT2D eigenvalue weighted by molar-refractivity contribution is -0.124. The van der Waals surface area contributed by atoms with Gasteiger partial charge in [0.05, 0.1) is 6.61 Å². The van der Waals surface area contributed by atoms with Crippen LogP contribution in [0, 0.1) is 5.82 Å². The zero-order valence-corrected chi connectivity index (χ0v) is 11.7. The molecule has 19 heavy (non-hydrogen) atoms. The van der Waals surface area contributed by atoms with Gasteiger partial charge in [0.2, 0.25) is 5.91 Å². The zero-order chi connectivity index (χ0) is 14.3. The standard InChI is InChI=1S/C14H21FN2O2/c1-4-19-13-9-8-11(10-12(13)15)6-5-7-14(18)16-17(2)3/h8-10H,4-7H2,1-3H3,(H,16,18). The molecule has 0 aliphatic carbocycles. The molecule has 0 saturated carbocycles. The maximum atomic E-state index is 13.6. The fraction of sp³-hybridized carbons (Fsp3) is 0.500. The lowest BCUT2D eigenvalue weighted by Gasteiger charge is -2.11. The Morgan fingerprint density at radius 2 is 2.16 bits per heavy atom. The molecule has 0 aromatic heterocycles. The number of benzene rings is 1. The summed E-state index contributed by atoms with van der Waals surface area (Å²) in [7, 11) is 3.53. The number of hydrazine groups is 1. The van der Waals surface area contributed by atoms with Crippen LogP contribution in [0.3, 0.4) is 0 Å². The van der Waals surface area contributed by atoms with E-state index in [9.17, 15) is 9.18 Å². The largest absolute Gasteiger partial charge is 0.491 e. The molecule has 0 radical (unpaired) electrons. The van der Waals surface area contributed by atoms with Crippen molar-refractivity contribution in [3.05, 3.63) is 29.6 Å². The molecule has 0 spiro atoms. The molecule has 1 rings (SSSR count). The van der Waals surface area contributed by atoms with E-state index < -0.39 is 0 Å². The van der Waals surface area contributed by atoms with Crippen molar-refractivity contribution >= 4 is 5.91 Å². The van der Waals surface area contributed by atoms with E-state index in [-0.39, 0.29) is 17.5 Å². The van der Waals surface area contributed by atoms with Gasteiger partial charge < -0.3 is 4.74 Å². The predicted molar refractivity (Wildman–Crippen MR) is 72.3 cm³/mol. The molecule has 0 heterocycles. The molecular weight excluding hydrogens is 247 g/mol. The van der Waals surface area contributed by atoms with E-state index in [4.69, 9.17) is 4.74 Å². The minimum atomic E-state index is -0.350. The van der Waals surface area contributed by atoms with E-state index in [1.807, 2.05) is 13.0 Å². The number of aryl methyl sites for hydroxylation is 1. The lowest BCUT2D eigenvalue weighted by Crippen LogP contribution is -2.35. The SMILES string of the molecule is CCOc1ccc(CCCC(=O)NN(C)C)cc1F. The Morgan fingerprint density at radius 1 is 1.42 bits per heavy atom. The van der Waals surface area contributed by atoms with Crippen LogP contribution >= 0.6 is 0 Å². The Kier molecular flexibility index (Phi) is 6.29. The number of hydrogen-bond acceptors (Lipinski definition) is 3. The third-order valence-corrected chi connectivity index (χ3v) is 2.51. The average molecular weight is 268 g/mol. The fourth-order valence-electron chi connectivity index (χ4n) is 1.73. The van der Waals surface area contributed by atoms with Crippen LogP contribution < -0.4 is 10.2 Å². The van der Waals surface area contributed by atoms with Crippen molar-refractivity contribution in [3.8, 4) is 5.75 Å².